The summed E-state index contributed by atoms with van der Waals surface area (Å²) in [7, 11) is 0. The van der Waals surface area contributed by atoms with E-state index in [1.165, 1.54) is 0 Å². The summed E-state index contributed by atoms with van der Waals surface area (Å²) < 4.78 is 6.28. The van der Waals surface area contributed by atoms with Gasteiger partial charge in [-0.1, -0.05) is 31.1 Å². The average molecular weight is 357 g/mol. The summed E-state index contributed by atoms with van der Waals surface area (Å²) in [6, 6.07) is 8.02. The lowest BCUT2D eigenvalue weighted by atomic mass is 10.0. The summed E-state index contributed by atoms with van der Waals surface area (Å²) in [6.45, 7) is 3.83. The van der Waals surface area contributed by atoms with Gasteiger partial charge in [0, 0.05) is 9.37 Å². The molecule has 0 aliphatic carbocycles. The zero-order chi connectivity index (χ0) is 14.5. The second-order valence-electron chi connectivity index (χ2n) is 4.53. The van der Waals surface area contributed by atoms with Crippen LogP contribution in [0.2, 0.25) is 0 Å². The van der Waals surface area contributed by atoms with E-state index in [1.54, 1.807) is 11.8 Å². The molecule has 1 aromatic heterocycles. The van der Waals surface area contributed by atoms with Crippen LogP contribution in [-0.4, -0.2) is 21.4 Å². The molecule has 0 fully saturated rings. The summed E-state index contributed by atoms with van der Waals surface area (Å²) in [5, 5.41) is 13.8. The molecule has 0 spiro atoms. The molecular formula is C14H17BrN2O2S. The average Bonchev–Trinajstić information content (AvgIpc) is 2.93. The predicted octanol–water partition coefficient (Wildman–Crippen LogP) is 4.00. The first-order valence-corrected chi connectivity index (χ1v) is 8.27. The van der Waals surface area contributed by atoms with Crippen molar-refractivity contribution in [3.8, 4) is 0 Å². The Labute approximate surface area is 131 Å². The number of aliphatic hydroxyl groups is 1. The highest BCUT2D eigenvalue weighted by Crippen LogP contribution is 2.29. The number of hydrogen-bond acceptors (Lipinski definition) is 5. The molecule has 4 nitrogen and oxygen atoms in total. The van der Waals surface area contributed by atoms with Gasteiger partial charge in [-0.15, -0.1) is 11.8 Å². The maximum absolute atomic E-state index is 9.79. The van der Waals surface area contributed by atoms with E-state index in [0.717, 1.165) is 9.37 Å². The SMILES string of the molecule is CCC(O)C(C)c1nc(CSc2ccccc2Br)no1. The lowest BCUT2D eigenvalue weighted by molar-refractivity contribution is 0.129. The fourth-order valence-corrected chi connectivity index (χ4v) is 3.14. The van der Waals surface area contributed by atoms with E-state index in [2.05, 4.69) is 26.1 Å². The maximum atomic E-state index is 9.79. The van der Waals surface area contributed by atoms with Gasteiger partial charge in [-0.05, 0) is 34.5 Å². The van der Waals surface area contributed by atoms with Gasteiger partial charge in [0.2, 0.25) is 5.89 Å². The number of nitrogens with zero attached hydrogens (tertiary/aromatic N) is 2. The molecule has 2 unspecified atom stereocenters. The summed E-state index contributed by atoms with van der Waals surface area (Å²) in [4.78, 5) is 5.49. The Morgan fingerprint density at radius 3 is 2.85 bits per heavy atom. The predicted molar refractivity (Wildman–Crippen MR) is 82.7 cm³/mol. The minimum Gasteiger partial charge on any atom is -0.392 e. The van der Waals surface area contributed by atoms with Crippen LogP contribution in [0, 0.1) is 0 Å². The highest BCUT2D eigenvalue weighted by Gasteiger charge is 2.20. The molecule has 0 saturated heterocycles. The van der Waals surface area contributed by atoms with Gasteiger partial charge in [-0.3, -0.25) is 0 Å². The van der Waals surface area contributed by atoms with Crippen LogP contribution in [0.25, 0.3) is 0 Å². The van der Waals surface area contributed by atoms with Gasteiger partial charge < -0.3 is 9.63 Å². The van der Waals surface area contributed by atoms with Crippen LogP contribution in [0.15, 0.2) is 38.2 Å². The highest BCUT2D eigenvalue weighted by atomic mass is 79.9. The Balaban J connectivity index is 1.98. The fraction of sp³-hybridized carbons (Fsp3) is 0.429. The minimum absolute atomic E-state index is 0.130. The monoisotopic (exact) mass is 356 g/mol. The van der Waals surface area contributed by atoms with E-state index >= 15 is 0 Å². The van der Waals surface area contributed by atoms with Gasteiger partial charge >= 0.3 is 0 Å². The lowest BCUT2D eigenvalue weighted by Gasteiger charge is -2.11. The van der Waals surface area contributed by atoms with Crippen molar-refractivity contribution in [1.82, 2.24) is 10.1 Å². The Morgan fingerprint density at radius 1 is 1.40 bits per heavy atom. The molecule has 0 aliphatic rings. The molecule has 1 aromatic carbocycles. The molecule has 2 rings (SSSR count). The van der Waals surface area contributed by atoms with E-state index in [4.69, 9.17) is 4.52 Å². The lowest BCUT2D eigenvalue weighted by Crippen LogP contribution is -2.14. The number of benzene rings is 1. The van der Waals surface area contributed by atoms with Crippen molar-refractivity contribution in [2.45, 2.75) is 42.9 Å². The first-order valence-electron chi connectivity index (χ1n) is 6.49. The standard InChI is InChI=1S/C14H17BrN2O2S/c1-3-11(18)9(2)14-16-13(17-19-14)8-20-12-7-5-4-6-10(12)15/h4-7,9,11,18H,3,8H2,1-2H3. The third-order valence-electron chi connectivity index (χ3n) is 3.06. The molecule has 1 N–H and O–H groups in total. The Kier molecular flexibility index (Phi) is 5.63. The normalized spacial score (nSPS) is 14.2. The van der Waals surface area contributed by atoms with Crippen molar-refractivity contribution in [3.05, 3.63) is 40.5 Å². The highest BCUT2D eigenvalue weighted by molar-refractivity contribution is 9.10. The molecular weight excluding hydrogens is 340 g/mol. The van der Waals surface area contributed by atoms with Gasteiger partial charge in [-0.2, -0.15) is 4.98 Å². The Morgan fingerprint density at radius 2 is 2.15 bits per heavy atom. The smallest absolute Gasteiger partial charge is 0.232 e. The first-order chi connectivity index (χ1) is 9.61. The van der Waals surface area contributed by atoms with Gasteiger partial charge in [-0.25, -0.2) is 0 Å². The molecule has 1 heterocycles. The third-order valence-corrected chi connectivity index (χ3v) is 5.09. The second-order valence-corrected chi connectivity index (χ2v) is 6.40. The van der Waals surface area contributed by atoms with Crippen molar-refractivity contribution >= 4 is 27.7 Å². The number of aliphatic hydroxyl groups excluding tert-OH is 1. The minimum atomic E-state index is -0.445. The second kappa shape index (κ2) is 7.24. The van der Waals surface area contributed by atoms with E-state index in [-0.39, 0.29) is 5.92 Å². The first kappa shape index (κ1) is 15.5. The van der Waals surface area contributed by atoms with Crippen LogP contribution in [0.1, 0.15) is 37.9 Å². The number of thioether (sulfide) groups is 1. The Bertz CT molecular complexity index is 562. The van der Waals surface area contributed by atoms with Gasteiger partial charge in [0.25, 0.3) is 0 Å². The van der Waals surface area contributed by atoms with E-state index in [1.807, 2.05) is 38.1 Å². The third kappa shape index (κ3) is 3.84. The van der Waals surface area contributed by atoms with Crippen molar-refractivity contribution in [3.63, 3.8) is 0 Å². The number of rotatable bonds is 6. The number of hydrogen-bond donors (Lipinski definition) is 1. The summed E-state index contributed by atoms with van der Waals surface area (Å²) >= 11 is 5.15. The molecule has 108 valence electrons. The topological polar surface area (TPSA) is 59.2 Å². The maximum Gasteiger partial charge on any atom is 0.232 e. The summed E-state index contributed by atoms with van der Waals surface area (Å²) in [6.07, 6.45) is 0.226. The van der Waals surface area contributed by atoms with Crippen LogP contribution < -0.4 is 0 Å². The molecule has 0 amide bonds. The molecule has 2 aromatic rings. The molecule has 0 bridgehead atoms. The largest absolute Gasteiger partial charge is 0.392 e. The molecule has 0 aliphatic heterocycles. The summed E-state index contributed by atoms with van der Waals surface area (Å²) in [5.74, 6) is 1.66. The van der Waals surface area contributed by atoms with Crippen LogP contribution >= 0.6 is 27.7 Å². The van der Waals surface area contributed by atoms with Crippen molar-refractivity contribution in [2.75, 3.05) is 0 Å². The zero-order valence-electron chi connectivity index (χ0n) is 11.4. The quantitative estimate of drug-likeness (QED) is 0.792. The van der Waals surface area contributed by atoms with Gasteiger partial charge in [0.1, 0.15) is 0 Å². The van der Waals surface area contributed by atoms with Crippen molar-refractivity contribution in [2.24, 2.45) is 0 Å². The van der Waals surface area contributed by atoms with Crippen molar-refractivity contribution < 1.29 is 9.63 Å². The van der Waals surface area contributed by atoms with E-state index in [0.29, 0.717) is 23.9 Å². The van der Waals surface area contributed by atoms with Gasteiger partial charge in [0.15, 0.2) is 5.82 Å². The van der Waals surface area contributed by atoms with E-state index in [9.17, 15) is 5.11 Å². The Hall–Kier alpha value is -0.850. The van der Waals surface area contributed by atoms with Crippen LogP contribution in [-0.2, 0) is 5.75 Å². The summed E-state index contributed by atoms with van der Waals surface area (Å²) in [5.41, 5.74) is 0. The number of aromatic nitrogens is 2. The van der Waals surface area contributed by atoms with E-state index < -0.39 is 6.10 Å². The van der Waals surface area contributed by atoms with Crippen LogP contribution in [0.3, 0.4) is 0 Å². The molecule has 0 saturated carbocycles. The molecule has 20 heavy (non-hydrogen) atoms. The van der Waals surface area contributed by atoms with Crippen molar-refractivity contribution in [1.29, 1.82) is 0 Å². The molecule has 6 heteroatoms. The molecule has 2 atom stereocenters. The van der Waals surface area contributed by atoms with Gasteiger partial charge in [0.05, 0.1) is 17.8 Å². The number of halogens is 1. The van der Waals surface area contributed by atoms with Crippen LogP contribution in [0.5, 0.6) is 0 Å². The van der Waals surface area contributed by atoms with Crippen LogP contribution in [0.4, 0.5) is 0 Å². The zero-order valence-corrected chi connectivity index (χ0v) is 13.8. The molecule has 0 radical (unpaired) electrons. The fourth-order valence-electron chi connectivity index (χ4n) is 1.73.